The molecule has 116 valence electrons. The molecule has 0 saturated carbocycles. The third-order valence-corrected chi connectivity index (χ3v) is 3.14. The Balaban J connectivity index is 1.70. The maximum Gasteiger partial charge on any atom is 0.170 e. The van der Waals surface area contributed by atoms with E-state index in [4.69, 9.17) is 17.0 Å². The SMILES string of the molecule is C=CCOc1cccc(NC(=S)NCCCn2ccnc2)c1. The highest BCUT2D eigenvalue weighted by Gasteiger charge is 1.99. The Bertz CT molecular complexity index is 598. The van der Waals surface area contributed by atoms with Gasteiger partial charge < -0.3 is 19.9 Å². The molecule has 0 saturated heterocycles. The van der Waals surface area contributed by atoms with Crippen LogP contribution in [-0.2, 0) is 6.54 Å². The van der Waals surface area contributed by atoms with Crippen LogP contribution in [0.3, 0.4) is 0 Å². The molecule has 2 N–H and O–H groups in total. The number of ether oxygens (including phenoxy) is 1. The van der Waals surface area contributed by atoms with Crippen LogP contribution in [0.4, 0.5) is 5.69 Å². The van der Waals surface area contributed by atoms with Crippen molar-refractivity contribution in [2.24, 2.45) is 0 Å². The van der Waals surface area contributed by atoms with E-state index in [-0.39, 0.29) is 0 Å². The topological polar surface area (TPSA) is 51.1 Å². The fraction of sp³-hybridized carbons (Fsp3) is 0.250. The largest absolute Gasteiger partial charge is 0.489 e. The summed E-state index contributed by atoms with van der Waals surface area (Å²) in [5, 5.41) is 6.94. The quantitative estimate of drug-likeness (QED) is 0.445. The number of anilines is 1. The van der Waals surface area contributed by atoms with Crippen molar-refractivity contribution in [3.05, 3.63) is 55.6 Å². The highest BCUT2D eigenvalue weighted by molar-refractivity contribution is 7.80. The molecule has 0 unspecified atom stereocenters. The molecular weight excluding hydrogens is 296 g/mol. The fourth-order valence-electron chi connectivity index (χ4n) is 1.88. The number of aryl methyl sites for hydroxylation is 1. The van der Waals surface area contributed by atoms with Crippen LogP contribution >= 0.6 is 12.2 Å². The lowest BCUT2D eigenvalue weighted by Crippen LogP contribution is -2.29. The Labute approximate surface area is 136 Å². The second kappa shape index (κ2) is 8.84. The summed E-state index contributed by atoms with van der Waals surface area (Å²) in [6.07, 6.45) is 8.23. The van der Waals surface area contributed by atoms with Crippen LogP contribution in [-0.4, -0.2) is 27.8 Å². The van der Waals surface area contributed by atoms with Crippen molar-refractivity contribution in [1.29, 1.82) is 0 Å². The first-order chi connectivity index (χ1) is 10.8. The molecule has 1 aromatic carbocycles. The highest BCUT2D eigenvalue weighted by atomic mass is 32.1. The maximum atomic E-state index is 5.49. The van der Waals surface area contributed by atoms with Crippen LogP contribution in [0.2, 0.25) is 0 Å². The van der Waals surface area contributed by atoms with E-state index in [1.54, 1.807) is 12.3 Å². The van der Waals surface area contributed by atoms with Crippen LogP contribution in [0.1, 0.15) is 6.42 Å². The minimum atomic E-state index is 0.487. The van der Waals surface area contributed by atoms with Crippen LogP contribution in [0, 0.1) is 0 Å². The van der Waals surface area contributed by atoms with Crippen LogP contribution < -0.4 is 15.4 Å². The molecule has 0 aliphatic rings. The van der Waals surface area contributed by atoms with Gasteiger partial charge in [0.25, 0.3) is 0 Å². The van der Waals surface area contributed by atoms with E-state index in [0.29, 0.717) is 11.7 Å². The molecule has 0 spiro atoms. The van der Waals surface area contributed by atoms with E-state index in [0.717, 1.165) is 30.9 Å². The van der Waals surface area contributed by atoms with Crippen molar-refractivity contribution in [2.75, 3.05) is 18.5 Å². The summed E-state index contributed by atoms with van der Waals surface area (Å²) in [6.45, 7) is 5.84. The maximum absolute atomic E-state index is 5.49. The summed E-state index contributed by atoms with van der Waals surface area (Å²) in [5.74, 6) is 0.785. The molecule has 0 atom stereocenters. The Morgan fingerprint density at radius 3 is 3.14 bits per heavy atom. The Morgan fingerprint density at radius 2 is 2.36 bits per heavy atom. The molecule has 0 radical (unpaired) electrons. The molecule has 2 rings (SSSR count). The number of benzene rings is 1. The standard InChI is InChI=1S/C16H20N4OS/c1-2-11-21-15-6-3-5-14(12-15)19-16(22)18-7-4-9-20-10-8-17-13-20/h2-3,5-6,8,10,12-13H,1,4,7,9,11H2,(H2,18,19,22). The van der Waals surface area contributed by atoms with Gasteiger partial charge in [0.2, 0.25) is 0 Å². The Morgan fingerprint density at radius 1 is 1.45 bits per heavy atom. The predicted molar refractivity (Wildman–Crippen MR) is 93.2 cm³/mol. The van der Waals surface area contributed by atoms with Crippen molar-refractivity contribution in [3.8, 4) is 5.75 Å². The fourth-order valence-corrected chi connectivity index (χ4v) is 2.10. The Hall–Kier alpha value is -2.34. The molecule has 1 aromatic heterocycles. The monoisotopic (exact) mass is 316 g/mol. The number of imidazole rings is 1. The van der Waals surface area contributed by atoms with Gasteiger partial charge in [-0.1, -0.05) is 18.7 Å². The Kier molecular flexibility index (Phi) is 6.44. The van der Waals surface area contributed by atoms with Crippen LogP contribution in [0.25, 0.3) is 0 Å². The first kappa shape index (κ1) is 16.0. The number of rotatable bonds is 8. The first-order valence-electron chi connectivity index (χ1n) is 7.12. The summed E-state index contributed by atoms with van der Waals surface area (Å²) in [7, 11) is 0. The van der Waals surface area contributed by atoms with E-state index in [1.807, 2.05) is 41.4 Å². The summed E-state index contributed by atoms with van der Waals surface area (Å²) < 4.78 is 7.53. The minimum Gasteiger partial charge on any atom is -0.489 e. The van der Waals surface area contributed by atoms with Gasteiger partial charge in [-0.3, -0.25) is 0 Å². The molecule has 0 amide bonds. The molecule has 1 heterocycles. The van der Waals surface area contributed by atoms with E-state index in [9.17, 15) is 0 Å². The second-order valence-electron chi connectivity index (χ2n) is 4.66. The lowest BCUT2D eigenvalue weighted by molar-refractivity contribution is 0.363. The summed E-state index contributed by atoms with van der Waals surface area (Å²) in [4.78, 5) is 4.01. The van der Waals surface area contributed by atoms with E-state index in [1.165, 1.54) is 0 Å². The summed E-state index contributed by atoms with van der Waals surface area (Å²) in [6, 6.07) is 7.67. The molecule has 22 heavy (non-hydrogen) atoms. The van der Waals surface area contributed by atoms with Gasteiger partial charge in [0.1, 0.15) is 12.4 Å². The van der Waals surface area contributed by atoms with Crippen molar-refractivity contribution in [2.45, 2.75) is 13.0 Å². The number of nitrogens with one attached hydrogen (secondary N) is 2. The zero-order chi connectivity index (χ0) is 15.6. The third kappa shape index (κ3) is 5.57. The molecule has 5 nitrogen and oxygen atoms in total. The first-order valence-corrected chi connectivity index (χ1v) is 7.53. The van der Waals surface area contributed by atoms with Gasteiger partial charge in [-0.15, -0.1) is 0 Å². The number of aromatic nitrogens is 2. The van der Waals surface area contributed by atoms with Gasteiger partial charge in [0.15, 0.2) is 5.11 Å². The van der Waals surface area contributed by atoms with Gasteiger partial charge >= 0.3 is 0 Å². The van der Waals surface area contributed by atoms with Crippen molar-refractivity contribution >= 4 is 23.0 Å². The molecular formula is C16H20N4OS. The lowest BCUT2D eigenvalue weighted by Gasteiger charge is -2.12. The average Bonchev–Trinajstić information content (AvgIpc) is 3.03. The number of hydrogen-bond acceptors (Lipinski definition) is 3. The number of hydrogen-bond donors (Lipinski definition) is 2. The van der Waals surface area contributed by atoms with Gasteiger partial charge in [0.05, 0.1) is 6.33 Å². The van der Waals surface area contributed by atoms with Crippen molar-refractivity contribution < 1.29 is 4.74 Å². The number of thiocarbonyl (C=S) groups is 1. The van der Waals surface area contributed by atoms with Gasteiger partial charge in [-0.05, 0) is 30.8 Å². The molecule has 6 heteroatoms. The molecule has 0 aliphatic carbocycles. The number of nitrogens with zero attached hydrogens (tertiary/aromatic N) is 2. The van der Waals surface area contributed by atoms with Crippen LogP contribution in [0.5, 0.6) is 5.75 Å². The zero-order valence-electron chi connectivity index (χ0n) is 12.4. The zero-order valence-corrected chi connectivity index (χ0v) is 13.2. The van der Waals surface area contributed by atoms with E-state index < -0.39 is 0 Å². The molecule has 0 fully saturated rings. The molecule has 0 aliphatic heterocycles. The minimum absolute atomic E-state index is 0.487. The highest BCUT2D eigenvalue weighted by Crippen LogP contribution is 2.17. The van der Waals surface area contributed by atoms with E-state index >= 15 is 0 Å². The van der Waals surface area contributed by atoms with Gasteiger partial charge in [0, 0.05) is 37.2 Å². The van der Waals surface area contributed by atoms with Crippen molar-refractivity contribution in [3.63, 3.8) is 0 Å². The molecule has 2 aromatic rings. The normalized spacial score (nSPS) is 10.0. The summed E-state index contributed by atoms with van der Waals surface area (Å²) >= 11 is 5.28. The second-order valence-corrected chi connectivity index (χ2v) is 5.07. The lowest BCUT2D eigenvalue weighted by atomic mass is 10.3. The van der Waals surface area contributed by atoms with Gasteiger partial charge in [-0.2, -0.15) is 0 Å². The van der Waals surface area contributed by atoms with Gasteiger partial charge in [-0.25, -0.2) is 4.98 Å². The summed E-state index contributed by atoms with van der Waals surface area (Å²) in [5.41, 5.74) is 0.897. The third-order valence-electron chi connectivity index (χ3n) is 2.90. The molecule has 0 bridgehead atoms. The van der Waals surface area contributed by atoms with Crippen LogP contribution in [0.15, 0.2) is 55.6 Å². The van der Waals surface area contributed by atoms with Crippen molar-refractivity contribution in [1.82, 2.24) is 14.9 Å². The smallest absolute Gasteiger partial charge is 0.170 e. The average molecular weight is 316 g/mol. The van der Waals surface area contributed by atoms with E-state index in [2.05, 4.69) is 22.2 Å². The predicted octanol–water partition coefficient (Wildman–Crippen LogP) is 2.82.